The van der Waals surface area contributed by atoms with E-state index in [2.05, 4.69) is 36.2 Å². The van der Waals surface area contributed by atoms with Crippen LogP contribution < -0.4 is 4.74 Å². The molecule has 0 saturated carbocycles. The van der Waals surface area contributed by atoms with Crippen LogP contribution in [0.5, 0.6) is 5.75 Å². The van der Waals surface area contributed by atoms with Crippen LogP contribution in [0.3, 0.4) is 0 Å². The monoisotopic (exact) mass is 371 g/mol. The third-order valence-corrected chi connectivity index (χ3v) is 5.09. The van der Waals surface area contributed by atoms with Crippen molar-refractivity contribution in [1.82, 2.24) is 25.1 Å². The van der Waals surface area contributed by atoms with Gasteiger partial charge in [0.05, 0.1) is 6.61 Å². The van der Waals surface area contributed by atoms with Crippen LogP contribution in [0.1, 0.15) is 52.9 Å². The number of likely N-dealkylation sites (tertiary alicyclic amines) is 1. The Morgan fingerprint density at radius 3 is 2.56 bits per heavy atom. The molecule has 0 spiro atoms. The molecule has 1 fully saturated rings. The zero-order valence-electron chi connectivity index (χ0n) is 16.5. The minimum absolute atomic E-state index is 0.0540. The number of aromatic nitrogens is 4. The van der Waals surface area contributed by atoms with Gasteiger partial charge in [-0.25, -0.2) is 0 Å². The number of nitrogens with zero attached hydrogens (tertiary/aromatic N) is 5. The zero-order chi connectivity index (χ0) is 19.2. The Bertz CT molecular complexity index is 733. The summed E-state index contributed by atoms with van der Waals surface area (Å²) in [5, 5.41) is 12.5. The average Bonchev–Trinajstić information content (AvgIpc) is 3.11. The fourth-order valence-corrected chi connectivity index (χ4v) is 3.58. The predicted octanol–water partition coefficient (Wildman–Crippen LogP) is 3.31. The fraction of sp³-hybridized carbons (Fsp3) is 0.600. The van der Waals surface area contributed by atoms with Crippen LogP contribution in [-0.4, -0.2) is 49.7 Å². The normalized spacial score (nSPS) is 19.9. The molecule has 0 unspecified atom stereocenters. The summed E-state index contributed by atoms with van der Waals surface area (Å²) in [6, 6.07) is 8.19. The zero-order valence-corrected chi connectivity index (χ0v) is 16.5. The summed E-state index contributed by atoms with van der Waals surface area (Å²) in [5.74, 6) is 1.41. The Labute approximate surface area is 160 Å². The van der Waals surface area contributed by atoms with Crippen molar-refractivity contribution in [2.45, 2.75) is 71.5 Å². The molecule has 7 nitrogen and oxygen atoms in total. The summed E-state index contributed by atoms with van der Waals surface area (Å²) < 4.78 is 5.67. The van der Waals surface area contributed by atoms with Gasteiger partial charge in [-0.2, -0.15) is 4.80 Å². The van der Waals surface area contributed by atoms with E-state index in [0.29, 0.717) is 5.82 Å². The second-order valence-electron chi connectivity index (χ2n) is 7.30. The molecular formula is C20H29N5O2. The lowest BCUT2D eigenvalue weighted by Crippen LogP contribution is -2.48. The highest BCUT2D eigenvalue weighted by molar-refractivity contribution is 5.76. The third kappa shape index (κ3) is 4.84. The van der Waals surface area contributed by atoms with Gasteiger partial charge in [0, 0.05) is 17.6 Å². The van der Waals surface area contributed by atoms with Gasteiger partial charge in [-0.15, -0.1) is 10.2 Å². The predicted molar refractivity (Wildman–Crippen MR) is 103 cm³/mol. The van der Waals surface area contributed by atoms with Gasteiger partial charge in [0.2, 0.25) is 11.7 Å². The van der Waals surface area contributed by atoms with E-state index in [0.717, 1.165) is 43.6 Å². The molecule has 0 radical (unpaired) electrons. The number of carbonyl (C=O) groups is 1. The van der Waals surface area contributed by atoms with Crippen molar-refractivity contribution in [1.29, 1.82) is 0 Å². The molecule has 0 bridgehead atoms. The molecule has 2 aromatic rings. The van der Waals surface area contributed by atoms with Gasteiger partial charge in [0.25, 0.3) is 0 Å². The van der Waals surface area contributed by atoms with Crippen LogP contribution in [-0.2, 0) is 11.3 Å². The summed E-state index contributed by atoms with van der Waals surface area (Å²) in [6.45, 7) is 7.20. The van der Waals surface area contributed by atoms with E-state index in [-0.39, 0.29) is 24.5 Å². The first-order valence-electron chi connectivity index (χ1n) is 9.90. The van der Waals surface area contributed by atoms with Crippen molar-refractivity contribution >= 4 is 5.91 Å². The first-order valence-corrected chi connectivity index (χ1v) is 9.90. The Hall–Kier alpha value is -2.44. The maximum atomic E-state index is 12.7. The minimum Gasteiger partial charge on any atom is -0.494 e. The lowest BCUT2D eigenvalue weighted by atomic mass is 9.97. The van der Waals surface area contributed by atoms with E-state index in [1.54, 1.807) is 0 Å². The first kappa shape index (κ1) is 19.3. The smallest absolute Gasteiger partial charge is 0.246 e. The van der Waals surface area contributed by atoms with Crippen molar-refractivity contribution in [3.05, 3.63) is 24.3 Å². The topological polar surface area (TPSA) is 73.1 Å². The fourth-order valence-electron chi connectivity index (χ4n) is 3.58. The van der Waals surface area contributed by atoms with Crippen molar-refractivity contribution in [2.75, 3.05) is 6.61 Å². The highest BCUT2D eigenvalue weighted by Gasteiger charge is 2.29. The second kappa shape index (κ2) is 8.97. The van der Waals surface area contributed by atoms with Crippen molar-refractivity contribution in [2.24, 2.45) is 0 Å². The third-order valence-electron chi connectivity index (χ3n) is 5.09. The number of rotatable bonds is 7. The van der Waals surface area contributed by atoms with E-state index in [9.17, 15) is 4.79 Å². The van der Waals surface area contributed by atoms with E-state index >= 15 is 0 Å². The maximum absolute atomic E-state index is 12.7. The molecule has 1 saturated heterocycles. The second-order valence-corrected chi connectivity index (χ2v) is 7.30. The van der Waals surface area contributed by atoms with Gasteiger partial charge >= 0.3 is 0 Å². The van der Waals surface area contributed by atoms with Gasteiger partial charge in [-0.1, -0.05) is 13.3 Å². The Morgan fingerprint density at radius 2 is 1.89 bits per heavy atom. The van der Waals surface area contributed by atoms with E-state index < -0.39 is 0 Å². The van der Waals surface area contributed by atoms with E-state index in [1.807, 2.05) is 29.2 Å². The first-order chi connectivity index (χ1) is 13.1. The summed E-state index contributed by atoms with van der Waals surface area (Å²) in [5.41, 5.74) is 0.858. The molecule has 1 amide bonds. The maximum Gasteiger partial charge on any atom is 0.246 e. The summed E-state index contributed by atoms with van der Waals surface area (Å²) in [6.07, 6.45) is 5.44. The number of amides is 1. The summed E-state index contributed by atoms with van der Waals surface area (Å²) in [4.78, 5) is 16.0. The van der Waals surface area contributed by atoms with Crippen LogP contribution in [0.15, 0.2) is 24.3 Å². The highest BCUT2D eigenvalue weighted by Crippen LogP contribution is 2.23. The lowest BCUT2D eigenvalue weighted by Gasteiger charge is -2.38. The van der Waals surface area contributed by atoms with Crippen LogP contribution in [0.25, 0.3) is 11.4 Å². The largest absolute Gasteiger partial charge is 0.494 e. The van der Waals surface area contributed by atoms with E-state index in [4.69, 9.17) is 4.74 Å². The minimum atomic E-state index is 0.0540. The standard InChI is InChI=1S/C20H29N5O2/c1-4-5-13-27-18-11-9-17(10-12-18)20-21-23-24(22-20)14-19(26)25-15(2)7-6-8-16(25)3/h9-12,15-16H,4-8,13-14H2,1-3H3/t15-,16-/m0/s1. The average molecular weight is 371 g/mol. The Kier molecular flexibility index (Phi) is 6.42. The van der Waals surface area contributed by atoms with Gasteiger partial charge in [0.1, 0.15) is 12.3 Å². The molecule has 2 heterocycles. The Balaban J connectivity index is 1.61. The molecular weight excluding hydrogens is 342 g/mol. The molecule has 1 aromatic heterocycles. The number of benzene rings is 1. The van der Waals surface area contributed by atoms with Gasteiger partial charge in [-0.05, 0) is 69.0 Å². The van der Waals surface area contributed by atoms with Crippen molar-refractivity contribution in [3.8, 4) is 17.1 Å². The van der Waals surface area contributed by atoms with Crippen LogP contribution in [0.2, 0.25) is 0 Å². The Morgan fingerprint density at radius 1 is 1.19 bits per heavy atom. The number of unbranched alkanes of at least 4 members (excludes halogenated alkanes) is 1. The molecule has 0 N–H and O–H groups in total. The molecule has 1 aromatic carbocycles. The van der Waals surface area contributed by atoms with Crippen molar-refractivity contribution < 1.29 is 9.53 Å². The molecule has 27 heavy (non-hydrogen) atoms. The highest BCUT2D eigenvalue weighted by atomic mass is 16.5. The molecule has 1 aliphatic rings. The number of hydrogen-bond acceptors (Lipinski definition) is 5. The molecule has 1 aliphatic heterocycles. The lowest BCUT2D eigenvalue weighted by molar-refractivity contribution is -0.138. The summed E-state index contributed by atoms with van der Waals surface area (Å²) in [7, 11) is 0. The van der Waals surface area contributed by atoms with Gasteiger partial charge in [-0.3, -0.25) is 4.79 Å². The number of tetrazole rings is 1. The van der Waals surface area contributed by atoms with Crippen molar-refractivity contribution in [3.63, 3.8) is 0 Å². The van der Waals surface area contributed by atoms with Gasteiger partial charge in [0.15, 0.2) is 0 Å². The quantitative estimate of drug-likeness (QED) is 0.698. The molecule has 7 heteroatoms. The number of ether oxygens (including phenoxy) is 1. The van der Waals surface area contributed by atoms with E-state index in [1.165, 1.54) is 11.2 Å². The summed E-state index contributed by atoms with van der Waals surface area (Å²) >= 11 is 0. The number of piperidine rings is 1. The molecule has 0 aliphatic carbocycles. The number of hydrogen-bond donors (Lipinski definition) is 0. The number of carbonyl (C=O) groups excluding carboxylic acids is 1. The molecule has 146 valence electrons. The van der Waals surface area contributed by atoms with Crippen LogP contribution in [0, 0.1) is 0 Å². The van der Waals surface area contributed by atoms with Gasteiger partial charge < -0.3 is 9.64 Å². The van der Waals surface area contributed by atoms with Crippen LogP contribution in [0.4, 0.5) is 0 Å². The SMILES string of the molecule is CCCCOc1ccc(-c2nnn(CC(=O)N3[C@@H](C)CCC[C@@H]3C)n2)cc1. The molecule has 3 rings (SSSR count). The van der Waals surface area contributed by atoms with Crippen LogP contribution >= 0.6 is 0 Å². The molecule has 2 atom stereocenters.